The van der Waals surface area contributed by atoms with Crippen molar-refractivity contribution in [1.82, 2.24) is 10.2 Å². The lowest BCUT2D eigenvalue weighted by Crippen LogP contribution is -2.51. The Morgan fingerprint density at radius 1 is 1.50 bits per heavy atom. The van der Waals surface area contributed by atoms with Crippen molar-refractivity contribution >= 4 is 17.2 Å². The maximum atomic E-state index is 12.4. The summed E-state index contributed by atoms with van der Waals surface area (Å²) in [5.74, 6) is -0.0677. The number of carbonyl (C=O) groups is 1. The molecule has 1 heterocycles. The van der Waals surface area contributed by atoms with Gasteiger partial charge in [-0.2, -0.15) is 5.26 Å². The molecule has 5 heteroatoms. The van der Waals surface area contributed by atoms with Gasteiger partial charge in [0.2, 0.25) is 5.91 Å². The second-order valence-electron chi connectivity index (χ2n) is 5.84. The standard InChI is InChI=1S/C17H23N3OS/c1-2-10-20(12-15-7-6-11-22-15)13-16(21)19-17(14-18)8-4-3-5-9-17/h2,6-7,11H,1,3-5,8-10,12-13H2,(H,19,21). The zero-order valence-corrected chi connectivity index (χ0v) is 13.7. The molecule has 1 amide bonds. The van der Waals surface area contributed by atoms with E-state index in [1.54, 1.807) is 11.3 Å². The first-order chi connectivity index (χ1) is 10.7. The summed E-state index contributed by atoms with van der Waals surface area (Å²) in [6, 6.07) is 6.41. The highest BCUT2D eigenvalue weighted by atomic mass is 32.1. The van der Waals surface area contributed by atoms with Crippen LogP contribution in [-0.2, 0) is 11.3 Å². The topological polar surface area (TPSA) is 56.1 Å². The van der Waals surface area contributed by atoms with Gasteiger partial charge in [-0.05, 0) is 24.3 Å². The van der Waals surface area contributed by atoms with Gasteiger partial charge in [-0.3, -0.25) is 9.69 Å². The summed E-state index contributed by atoms with van der Waals surface area (Å²) in [4.78, 5) is 15.6. The van der Waals surface area contributed by atoms with Crippen LogP contribution in [0.4, 0.5) is 0 Å². The highest BCUT2D eigenvalue weighted by molar-refractivity contribution is 7.09. The van der Waals surface area contributed by atoms with Crippen molar-refractivity contribution in [1.29, 1.82) is 5.26 Å². The molecule has 1 N–H and O–H groups in total. The third kappa shape index (κ3) is 4.69. The normalized spacial score (nSPS) is 16.9. The van der Waals surface area contributed by atoms with Crippen LogP contribution in [0.5, 0.6) is 0 Å². The molecule has 2 rings (SSSR count). The number of hydrogen-bond acceptors (Lipinski definition) is 4. The van der Waals surface area contributed by atoms with Gasteiger partial charge in [0, 0.05) is 18.0 Å². The van der Waals surface area contributed by atoms with Crippen LogP contribution < -0.4 is 5.32 Å². The number of carbonyl (C=O) groups excluding carboxylic acids is 1. The second-order valence-corrected chi connectivity index (χ2v) is 6.87. The number of amides is 1. The van der Waals surface area contributed by atoms with Crippen molar-refractivity contribution in [3.05, 3.63) is 35.0 Å². The average molecular weight is 317 g/mol. The largest absolute Gasteiger partial charge is 0.337 e. The van der Waals surface area contributed by atoms with E-state index in [4.69, 9.17) is 0 Å². The minimum Gasteiger partial charge on any atom is -0.337 e. The van der Waals surface area contributed by atoms with Crippen molar-refractivity contribution < 1.29 is 4.79 Å². The summed E-state index contributed by atoms with van der Waals surface area (Å²) < 4.78 is 0. The van der Waals surface area contributed by atoms with Crippen LogP contribution >= 0.6 is 11.3 Å². The van der Waals surface area contributed by atoms with E-state index in [9.17, 15) is 10.1 Å². The van der Waals surface area contributed by atoms with Crippen LogP contribution in [0, 0.1) is 11.3 Å². The van der Waals surface area contributed by atoms with Gasteiger partial charge < -0.3 is 5.32 Å². The summed E-state index contributed by atoms with van der Waals surface area (Å²) in [6.45, 7) is 5.45. The molecule has 1 aliphatic carbocycles. The fraction of sp³-hybridized carbons (Fsp3) is 0.529. The third-order valence-corrected chi connectivity index (χ3v) is 4.88. The van der Waals surface area contributed by atoms with E-state index >= 15 is 0 Å². The molecule has 0 radical (unpaired) electrons. The van der Waals surface area contributed by atoms with Gasteiger partial charge in [-0.15, -0.1) is 17.9 Å². The molecular formula is C17H23N3OS. The van der Waals surface area contributed by atoms with Crippen molar-refractivity contribution in [2.45, 2.75) is 44.2 Å². The van der Waals surface area contributed by atoms with Crippen LogP contribution in [-0.4, -0.2) is 29.4 Å². The van der Waals surface area contributed by atoms with Gasteiger partial charge in [0.1, 0.15) is 5.54 Å². The van der Waals surface area contributed by atoms with Gasteiger partial charge in [-0.1, -0.05) is 31.4 Å². The zero-order chi connectivity index (χ0) is 15.8. The molecule has 1 fully saturated rings. The summed E-state index contributed by atoms with van der Waals surface area (Å²) in [7, 11) is 0. The third-order valence-electron chi connectivity index (χ3n) is 4.01. The maximum absolute atomic E-state index is 12.4. The summed E-state index contributed by atoms with van der Waals surface area (Å²) in [6.07, 6.45) is 6.52. The molecule has 0 spiro atoms. The van der Waals surface area contributed by atoms with Crippen LogP contribution in [0.3, 0.4) is 0 Å². The van der Waals surface area contributed by atoms with Gasteiger partial charge in [-0.25, -0.2) is 0 Å². The first-order valence-electron chi connectivity index (χ1n) is 7.75. The lowest BCUT2D eigenvalue weighted by atomic mass is 9.83. The number of nitriles is 1. The van der Waals surface area contributed by atoms with Crippen LogP contribution in [0.25, 0.3) is 0 Å². The number of hydrogen-bond donors (Lipinski definition) is 1. The van der Waals surface area contributed by atoms with Crippen LogP contribution in [0.1, 0.15) is 37.0 Å². The molecular weight excluding hydrogens is 294 g/mol. The molecule has 0 saturated heterocycles. The summed E-state index contributed by atoms with van der Waals surface area (Å²) >= 11 is 1.68. The Labute approximate surface area is 136 Å². The predicted octanol–water partition coefficient (Wildman–Crippen LogP) is 3.08. The van der Waals surface area contributed by atoms with Crippen molar-refractivity contribution in [2.75, 3.05) is 13.1 Å². The Kier molecular flexibility index (Phi) is 6.17. The smallest absolute Gasteiger partial charge is 0.235 e. The van der Waals surface area contributed by atoms with Crippen molar-refractivity contribution in [3.8, 4) is 6.07 Å². The second kappa shape index (κ2) is 8.11. The molecule has 0 aromatic carbocycles. The van der Waals surface area contributed by atoms with E-state index in [0.717, 1.165) is 38.6 Å². The zero-order valence-electron chi connectivity index (χ0n) is 12.9. The molecule has 0 unspecified atom stereocenters. The average Bonchev–Trinajstić information content (AvgIpc) is 3.01. The van der Waals surface area contributed by atoms with Crippen molar-refractivity contribution in [2.24, 2.45) is 0 Å². The monoisotopic (exact) mass is 317 g/mol. The SMILES string of the molecule is C=CCN(CC(=O)NC1(C#N)CCCCC1)Cc1cccs1. The quantitative estimate of drug-likeness (QED) is 0.786. The molecule has 0 bridgehead atoms. The molecule has 4 nitrogen and oxygen atoms in total. The lowest BCUT2D eigenvalue weighted by molar-refractivity contribution is -0.123. The molecule has 1 aromatic heterocycles. The first-order valence-corrected chi connectivity index (χ1v) is 8.63. The van der Waals surface area contributed by atoms with E-state index in [-0.39, 0.29) is 5.91 Å². The number of thiophene rings is 1. The van der Waals surface area contributed by atoms with Gasteiger partial charge in [0.05, 0.1) is 12.6 Å². The Balaban J connectivity index is 1.92. The fourth-order valence-electron chi connectivity index (χ4n) is 2.92. The molecule has 0 aliphatic heterocycles. The van der Waals surface area contributed by atoms with E-state index in [0.29, 0.717) is 13.1 Å². The Bertz CT molecular complexity index is 527. The Hall–Kier alpha value is -1.64. The van der Waals surface area contributed by atoms with Crippen LogP contribution in [0.2, 0.25) is 0 Å². The van der Waals surface area contributed by atoms with E-state index in [2.05, 4.69) is 24.0 Å². The molecule has 118 valence electrons. The Morgan fingerprint density at radius 2 is 2.27 bits per heavy atom. The number of nitrogens with one attached hydrogen (secondary N) is 1. The number of rotatable bonds is 7. The highest BCUT2D eigenvalue weighted by Gasteiger charge is 2.33. The fourth-order valence-corrected chi connectivity index (χ4v) is 3.67. The molecule has 1 saturated carbocycles. The molecule has 22 heavy (non-hydrogen) atoms. The van der Waals surface area contributed by atoms with E-state index < -0.39 is 5.54 Å². The highest BCUT2D eigenvalue weighted by Crippen LogP contribution is 2.27. The molecule has 1 aromatic rings. The van der Waals surface area contributed by atoms with Crippen molar-refractivity contribution in [3.63, 3.8) is 0 Å². The minimum atomic E-state index is -0.655. The molecule has 0 atom stereocenters. The minimum absolute atomic E-state index is 0.0677. The summed E-state index contributed by atoms with van der Waals surface area (Å²) in [5.41, 5.74) is -0.655. The van der Waals surface area contributed by atoms with E-state index in [1.807, 2.05) is 22.4 Å². The first kappa shape index (κ1) is 16.7. The summed E-state index contributed by atoms with van der Waals surface area (Å²) in [5, 5.41) is 14.5. The Morgan fingerprint density at radius 3 is 2.86 bits per heavy atom. The van der Waals surface area contributed by atoms with E-state index in [1.165, 1.54) is 4.88 Å². The predicted molar refractivity (Wildman–Crippen MR) is 89.4 cm³/mol. The van der Waals surface area contributed by atoms with Gasteiger partial charge in [0.25, 0.3) is 0 Å². The molecule has 1 aliphatic rings. The number of nitrogens with zero attached hydrogens (tertiary/aromatic N) is 2. The lowest BCUT2D eigenvalue weighted by Gasteiger charge is -2.32. The van der Waals surface area contributed by atoms with Crippen LogP contribution in [0.15, 0.2) is 30.2 Å². The van der Waals surface area contributed by atoms with Gasteiger partial charge >= 0.3 is 0 Å². The maximum Gasteiger partial charge on any atom is 0.235 e. The van der Waals surface area contributed by atoms with Gasteiger partial charge in [0.15, 0.2) is 0 Å².